The highest BCUT2D eigenvalue weighted by Gasteiger charge is 2.36. The number of aliphatic hydroxyl groups is 1. The van der Waals surface area contributed by atoms with Gasteiger partial charge in [-0.15, -0.1) is 0 Å². The van der Waals surface area contributed by atoms with Crippen molar-refractivity contribution in [1.29, 1.82) is 0 Å². The van der Waals surface area contributed by atoms with Crippen molar-refractivity contribution < 1.29 is 9.90 Å². The third-order valence-corrected chi connectivity index (χ3v) is 6.35. The van der Waals surface area contributed by atoms with Crippen LogP contribution in [-0.4, -0.2) is 41.1 Å². The van der Waals surface area contributed by atoms with Crippen molar-refractivity contribution in [3.05, 3.63) is 42.5 Å². The lowest BCUT2D eigenvalue weighted by Crippen LogP contribution is -2.51. The predicted molar refractivity (Wildman–Crippen MR) is 110 cm³/mol. The summed E-state index contributed by atoms with van der Waals surface area (Å²) in [5.41, 5.74) is 0.879. The average molecular weight is 367 g/mol. The quantitative estimate of drug-likeness (QED) is 0.853. The molecule has 0 spiro atoms. The Kier molecular flexibility index (Phi) is 5.74. The molecule has 4 rings (SSSR count). The highest BCUT2D eigenvalue weighted by atomic mass is 16.3. The zero-order valence-electron chi connectivity index (χ0n) is 15.9. The maximum atomic E-state index is 12.8. The van der Waals surface area contributed by atoms with Gasteiger partial charge in [0, 0.05) is 23.0 Å². The van der Waals surface area contributed by atoms with Crippen LogP contribution in [0.1, 0.15) is 44.9 Å². The Morgan fingerprint density at radius 2 is 1.78 bits per heavy atom. The van der Waals surface area contributed by atoms with Crippen LogP contribution in [-0.2, 0) is 4.79 Å². The summed E-state index contributed by atoms with van der Waals surface area (Å²) >= 11 is 0. The highest BCUT2D eigenvalue weighted by Crippen LogP contribution is 2.34. The van der Waals surface area contributed by atoms with Gasteiger partial charge in [-0.1, -0.05) is 55.7 Å². The van der Waals surface area contributed by atoms with Crippen LogP contribution in [0.25, 0.3) is 10.8 Å². The molecule has 4 heteroatoms. The number of piperidine rings is 1. The molecule has 1 aliphatic heterocycles. The number of amides is 1. The molecule has 1 aliphatic carbocycles. The van der Waals surface area contributed by atoms with Crippen LogP contribution < -0.4 is 5.32 Å². The molecule has 3 atom stereocenters. The van der Waals surface area contributed by atoms with Gasteiger partial charge in [-0.25, -0.2) is 0 Å². The second-order valence-electron chi connectivity index (χ2n) is 8.12. The lowest BCUT2D eigenvalue weighted by atomic mass is 9.78. The van der Waals surface area contributed by atoms with E-state index in [1.165, 1.54) is 12.8 Å². The fourth-order valence-electron chi connectivity index (χ4n) is 5.00. The van der Waals surface area contributed by atoms with Crippen LogP contribution in [0.15, 0.2) is 42.5 Å². The molecule has 1 heterocycles. The summed E-state index contributed by atoms with van der Waals surface area (Å²) in [5, 5.41) is 15.8. The van der Waals surface area contributed by atoms with Gasteiger partial charge in [0.15, 0.2) is 0 Å². The molecular weight excluding hydrogens is 336 g/mol. The van der Waals surface area contributed by atoms with E-state index >= 15 is 0 Å². The summed E-state index contributed by atoms with van der Waals surface area (Å²) in [4.78, 5) is 15.1. The van der Waals surface area contributed by atoms with Crippen molar-refractivity contribution >= 4 is 22.4 Å². The van der Waals surface area contributed by atoms with Crippen molar-refractivity contribution in [3.8, 4) is 0 Å². The minimum Gasteiger partial charge on any atom is -0.393 e. The van der Waals surface area contributed by atoms with Crippen LogP contribution >= 0.6 is 0 Å². The molecule has 27 heavy (non-hydrogen) atoms. The summed E-state index contributed by atoms with van der Waals surface area (Å²) in [5.74, 6) is 0.368. The number of carbonyl (C=O) groups is 1. The molecule has 2 aromatic rings. The van der Waals surface area contributed by atoms with E-state index < -0.39 is 0 Å². The Morgan fingerprint density at radius 3 is 2.67 bits per heavy atom. The fourth-order valence-corrected chi connectivity index (χ4v) is 5.00. The number of anilines is 1. The second-order valence-corrected chi connectivity index (χ2v) is 8.12. The normalized spacial score (nSPS) is 26.8. The molecule has 144 valence electrons. The van der Waals surface area contributed by atoms with E-state index in [-0.39, 0.29) is 12.0 Å². The van der Waals surface area contributed by atoms with E-state index in [1.54, 1.807) is 0 Å². The first-order chi connectivity index (χ1) is 13.2. The SMILES string of the molecule is O=C(CN1CCCC[C@@H]1[C@@H]1CCCC[C@@H]1O)Nc1cccc2ccccc12. The van der Waals surface area contributed by atoms with Gasteiger partial charge in [-0.05, 0) is 43.7 Å². The third-order valence-electron chi connectivity index (χ3n) is 6.35. The van der Waals surface area contributed by atoms with Crippen molar-refractivity contribution in [1.82, 2.24) is 4.90 Å². The first-order valence-corrected chi connectivity index (χ1v) is 10.4. The van der Waals surface area contributed by atoms with Crippen molar-refractivity contribution in [3.63, 3.8) is 0 Å². The minimum atomic E-state index is -0.203. The molecule has 0 radical (unpaired) electrons. The van der Waals surface area contributed by atoms with Gasteiger partial charge >= 0.3 is 0 Å². The summed E-state index contributed by atoms with van der Waals surface area (Å²) in [6.45, 7) is 1.37. The highest BCUT2D eigenvalue weighted by molar-refractivity contribution is 6.02. The van der Waals surface area contributed by atoms with Crippen LogP contribution in [0.3, 0.4) is 0 Å². The molecule has 2 aliphatic rings. The maximum absolute atomic E-state index is 12.8. The Morgan fingerprint density at radius 1 is 1.00 bits per heavy atom. The maximum Gasteiger partial charge on any atom is 0.238 e. The minimum absolute atomic E-state index is 0.0450. The number of rotatable bonds is 4. The van der Waals surface area contributed by atoms with Crippen molar-refractivity contribution in [2.75, 3.05) is 18.4 Å². The van der Waals surface area contributed by atoms with Crippen LogP contribution in [0.5, 0.6) is 0 Å². The van der Waals surface area contributed by atoms with Crippen LogP contribution in [0.4, 0.5) is 5.69 Å². The van der Waals surface area contributed by atoms with E-state index in [4.69, 9.17) is 0 Å². The van der Waals surface area contributed by atoms with Crippen LogP contribution in [0, 0.1) is 5.92 Å². The fraction of sp³-hybridized carbons (Fsp3) is 0.522. The van der Waals surface area contributed by atoms with Gasteiger partial charge in [0.25, 0.3) is 0 Å². The molecule has 1 saturated heterocycles. The third kappa shape index (κ3) is 4.17. The zero-order valence-corrected chi connectivity index (χ0v) is 15.9. The van der Waals surface area contributed by atoms with Gasteiger partial charge in [-0.2, -0.15) is 0 Å². The van der Waals surface area contributed by atoms with E-state index in [2.05, 4.69) is 22.3 Å². The summed E-state index contributed by atoms with van der Waals surface area (Å²) in [7, 11) is 0. The summed E-state index contributed by atoms with van der Waals surface area (Å²) < 4.78 is 0. The van der Waals surface area contributed by atoms with Crippen LogP contribution in [0.2, 0.25) is 0 Å². The number of nitrogens with one attached hydrogen (secondary N) is 1. The summed E-state index contributed by atoms with van der Waals surface area (Å²) in [6.07, 6.45) is 7.58. The smallest absolute Gasteiger partial charge is 0.238 e. The Bertz CT molecular complexity index is 786. The number of hydrogen-bond donors (Lipinski definition) is 2. The largest absolute Gasteiger partial charge is 0.393 e. The van der Waals surface area contributed by atoms with Gasteiger partial charge in [-0.3, -0.25) is 9.69 Å². The van der Waals surface area contributed by atoms with E-state index in [9.17, 15) is 9.90 Å². The summed E-state index contributed by atoms with van der Waals surface area (Å²) in [6, 6.07) is 14.5. The first kappa shape index (κ1) is 18.5. The van der Waals surface area contributed by atoms with Gasteiger partial charge < -0.3 is 10.4 Å². The molecule has 1 saturated carbocycles. The lowest BCUT2D eigenvalue weighted by molar-refractivity contribution is -0.119. The van der Waals surface area contributed by atoms with E-state index in [0.29, 0.717) is 18.5 Å². The number of aliphatic hydroxyl groups excluding tert-OH is 1. The number of hydrogen-bond acceptors (Lipinski definition) is 3. The molecule has 1 amide bonds. The molecule has 2 fully saturated rings. The average Bonchev–Trinajstić information content (AvgIpc) is 2.69. The number of nitrogens with zero attached hydrogens (tertiary/aromatic N) is 1. The standard InChI is InChI=1S/C23H30N2O2/c26-22-14-4-3-11-19(22)21-13-5-6-15-25(21)16-23(27)24-20-12-7-9-17-8-1-2-10-18(17)20/h1-2,7-10,12,19,21-22,26H,3-6,11,13-16H2,(H,24,27)/t19-,21+,22-/m0/s1. The van der Waals surface area contributed by atoms with Crippen molar-refractivity contribution in [2.45, 2.75) is 57.1 Å². The topological polar surface area (TPSA) is 52.6 Å². The molecule has 0 unspecified atom stereocenters. The first-order valence-electron chi connectivity index (χ1n) is 10.4. The molecule has 2 aromatic carbocycles. The Hall–Kier alpha value is -1.91. The number of carbonyl (C=O) groups excluding carboxylic acids is 1. The second kappa shape index (κ2) is 8.41. The Labute approximate surface area is 161 Å². The number of likely N-dealkylation sites (tertiary alicyclic amines) is 1. The molecule has 0 bridgehead atoms. The zero-order chi connectivity index (χ0) is 18.6. The molecule has 2 N–H and O–H groups in total. The van der Waals surface area contributed by atoms with Gasteiger partial charge in [0.2, 0.25) is 5.91 Å². The molecule has 0 aromatic heterocycles. The number of fused-ring (bicyclic) bond motifs is 1. The van der Waals surface area contributed by atoms with Crippen molar-refractivity contribution in [2.24, 2.45) is 5.92 Å². The molecular formula is C23H30N2O2. The predicted octanol–water partition coefficient (Wildman–Crippen LogP) is 4.18. The Balaban J connectivity index is 1.45. The number of benzene rings is 2. The van der Waals surface area contributed by atoms with Gasteiger partial charge in [0.05, 0.1) is 12.6 Å². The monoisotopic (exact) mass is 366 g/mol. The van der Waals surface area contributed by atoms with Gasteiger partial charge in [0.1, 0.15) is 0 Å². The lowest BCUT2D eigenvalue weighted by Gasteiger charge is -2.43. The molecule has 4 nitrogen and oxygen atoms in total. The van der Waals surface area contributed by atoms with E-state index in [1.807, 2.05) is 30.3 Å². The van der Waals surface area contributed by atoms with E-state index in [0.717, 1.165) is 55.1 Å².